The van der Waals surface area contributed by atoms with E-state index in [-0.39, 0.29) is 5.54 Å². The fraction of sp³-hybridized carbons (Fsp3) is 1.00. The van der Waals surface area contributed by atoms with Crippen molar-refractivity contribution in [3.05, 3.63) is 0 Å². The lowest BCUT2D eigenvalue weighted by atomic mass is 9.95. The molecular formula is C10H21NO2. The Morgan fingerprint density at radius 1 is 1.38 bits per heavy atom. The zero-order valence-electron chi connectivity index (χ0n) is 8.66. The van der Waals surface area contributed by atoms with E-state index in [9.17, 15) is 5.11 Å². The summed E-state index contributed by atoms with van der Waals surface area (Å²) >= 11 is 0. The van der Waals surface area contributed by atoms with Crippen molar-refractivity contribution < 1.29 is 10.2 Å². The van der Waals surface area contributed by atoms with Gasteiger partial charge in [-0.25, -0.2) is 0 Å². The molecule has 0 spiro atoms. The summed E-state index contributed by atoms with van der Waals surface area (Å²) in [6, 6.07) is 0.713. The summed E-state index contributed by atoms with van der Waals surface area (Å²) in [5.41, 5.74) is 0.208. The molecule has 2 aliphatic rings. The molecule has 0 aliphatic carbocycles. The van der Waals surface area contributed by atoms with Crippen molar-refractivity contribution in [1.29, 1.82) is 0 Å². The Bertz CT molecular complexity index is 163. The molecule has 0 aromatic heterocycles. The minimum Gasteiger partial charge on any atom is -0.400 e. The fourth-order valence-electron chi connectivity index (χ4n) is 2.80. The predicted octanol–water partition coefficient (Wildman–Crippen LogP) is 0.604. The zero-order chi connectivity index (χ0) is 9.90. The van der Waals surface area contributed by atoms with Crippen molar-refractivity contribution in [2.75, 3.05) is 20.3 Å². The van der Waals surface area contributed by atoms with Gasteiger partial charge < -0.3 is 10.2 Å². The Balaban J connectivity index is 0.000000396. The van der Waals surface area contributed by atoms with Crippen LogP contribution < -0.4 is 0 Å². The van der Waals surface area contributed by atoms with Crippen LogP contribution in [0.5, 0.6) is 0 Å². The molecule has 2 unspecified atom stereocenters. The third kappa shape index (κ3) is 1.73. The second kappa shape index (κ2) is 4.40. The van der Waals surface area contributed by atoms with E-state index in [0.717, 1.165) is 7.11 Å². The van der Waals surface area contributed by atoms with E-state index in [0.29, 0.717) is 12.6 Å². The van der Waals surface area contributed by atoms with E-state index in [4.69, 9.17) is 5.11 Å². The largest absolute Gasteiger partial charge is 0.400 e. The molecular weight excluding hydrogens is 166 g/mol. The summed E-state index contributed by atoms with van der Waals surface area (Å²) in [6.45, 7) is 3.86. The number of nitrogens with zero attached hydrogens (tertiary/aromatic N) is 1. The van der Waals surface area contributed by atoms with Gasteiger partial charge in [0.15, 0.2) is 0 Å². The molecule has 0 bridgehead atoms. The first-order chi connectivity index (χ1) is 6.28. The highest BCUT2D eigenvalue weighted by Gasteiger charge is 2.46. The predicted molar refractivity (Wildman–Crippen MR) is 52.6 cm³/mol. The summed E-state index contributed by atoms with van der Waals surface area (Å²) in [4.78, 5) is 2.51. The van der Waals surface area contributed by atoms with E-state index < -0.39 is 0 Å². The van der Waals surface area contributed by atoms with Crippen LogP contribution in [0.15, 0.2) is 0 Å². The summed E-state index contributed by atoms with van der Waals surface area (Å²) in [6.07, 6.45) is 4.99. The fourth-order valence-corrected chi connectivity index (χ4v) is 2.80. The first-order valence-electron chi connectivity index (χ1n) is 5.11. The molecule has 2 rings (SSSR count). The molecule has 2 N–H and O–H groups in total. The highest BCUT2D eigenvalue weighted by Crippen LogP contribution is 2.41. The van der Waals surface area contributed by atoms with E-state index in [1.165, 1.54) is 32.2 Å². The van der Waals surface area contributed by atoms with E-state index in [1.54, 1.807) is 0 Å². The van der Waals surface area contributed by atoms with Gasteiger partial charge in [0.05, 0.1) is 6.61 Å². The Labute approximate surface area is 80.4 Å². The van der Waals surface area contributed by atoms with Gasteiger partial charge in [0.25, 0.3) is 0 Å². The number of aliphatic hydroxyl groups excluding tert-OH is 2. The zero-order valence-corrected chi connectivity index (χ0v) is 8.66. The van der Waals surface area contributed by atoms with Gasteiger partial charge >= 0.3 is 0 Å². The van der Waals surface area contributed by atoms with E-state index in [2.05, 4.69) is 11.8 Å². The van der Waals surface area contributed by atoms with Gasteiger partial charge in [-0.3, -0.25) is 4.90 Å². The van der Waals surface area contributed by atoms with Crippen LogP contribution >= 0.6 is 0 Å². The van der Waals surface area contributed by atoms with Crippen molar-refractivity contribution in [3.8, 4) is 0 Å². The average molecular weight is 187 g/mol. The number of aliphatic hydroxyl groups is 2. The third-order valence-corrected chi connectivity index (χ3v) is 3.50. The Morgan fingerprint density at radius 2 is 2.08 bits per heavy atom. The number of hydrogen-bond acceptors (Lipinski definition) is 3. The summed E-state index contributed by atoms with van der Waals surface area (Å²) in [5, 5.41) is 16.3. The first-order valence-corrected chi connectivity index (χ1v) is 5.11. The molecule has 3 nitrogen and oxygen atoms in total. The molecule has 0 amide bonds. The van der Waals surface area contributed by atoms with Crippen LogP contribution in [-0.2, 0) is 0 Å². The van der Waals surface area contributed by atoms with Crippen molar-refractivity contribution in [2.24, 2.45) is 0 Å². The van der Waals surface area contributed by atoms with Crippen LogP contribution in [0, 0.1) is 0 Å². The lowest BCUT2D eigenvalue weighted by Gasteiger charge is -2.31. The summed E-state index contributed by atoms with van der Waals surface area (Å²) < 4.78 is 0. The molecule has 3 heteroatoms. The van der Waals surface area contributed by atoms with Crippen LogP contribution in [-0.4, -0.2) is 47.0 Å². The van der Waals surface area contributed by atoms with Crippen molar-refractivity contribution in [1.82, 2.24) is 4.90 Å². The molecule has 13 heavy (non-hydrogen) atoms. The van der Waals surface area contributed by atoms with Crippen LogP contribution in [0.25, 0.3) is 0 Å². The monoisotopic (exact) mass is 187 g/mol. The SMILES string of the molecule is CC1CCC2(CO)CCCN12.CO. The van der Waals surface area contributed by atoms with Gasteiger partial charge in [0.1, 0.15) is 0 Å². The summed E-state index contributed by atoms with van der Waals surface area (Å²) in [5.74, 6) is 0. The van der Waals surface area contributed by atoms with Gasteiger partial charge in [0.2, 0.25) is 0 Å². The maximum absolute atomic E-state index is 9.30. The van der Waals surface area contributed by atoms with Crippen molar-refractivity contribution in [3.63, 3.8) is 0 Å². The normalized spacial score (nSPS) is 38.3. The molecule has 0 aromatic carbocycles. The minimum absolute atomic E-state index is 0.208. The highest BCUT2D eigenvalue weighted by atomic mass is 16.3. The minimum atomic E-state index is 0.208. The Hall–Kier alpha value is -0.120. The topological polar surface area (TPSA) is 43.7 Å². The second-order valence-corrected chi connectivity index (χ2v) is 4.07. The molecule has 78 valence electrons. The Morgan fingerprint density at radius 3 is 2.62 bits per heavy atom. The molecule has 2 atom stereocenters. The molecule has 2 saturated heterocycles. The lowest BCUT2D eigenvalue weighted by molar-refractivity contribution is 0.0818. The molecule has 0 saturated carbocycles. The smallest absolute Gasteiger partial charge is 0.0615 e. The van der Waals surface area contributed by atoms with Crippen molar-refractivity contribution in [2.45, 2.75) is 44.2 Å². The summed E-state index contributed by atoms with van der Waals surface area (Å²) in [7, 11) is 1.00. The number of hydrogen-bond donors (Lipinski definition) is 2. The van der Waals surface area contributed by atoms with Gasteiger partial charge in [-0.1, -0.05) is 0 Å². The number of rotatable bonds is 1. The third-order valence-electron chi connectivity index (χ3n) is 3.50. The van der Waals surface area contributed by atoms with E-state index >= 15 is 0 Å². The van der Waals surface area contributed by atoms with Gasteiger partial charge in [-0.15, -0.1) is 0 Å². The lowest BCUT2D eigenvalue weighted by Crippen LogP contribution is -2.44. The quantitative estimate of drug-likeness (QED) is 0.632. The number of fused-ring (bicyclic) bond motifs is 1. The first kappa shape index (κ1) is 11.0. The van der Waals surface area contributed by atoms with Crippen LogP contribution in [0.2, 0.25) is 0 Å². The molecule has 2 fully saturated rings. The molecule has 0 radical (unpaired) electrons. The van der Waals surface area contributed by atoms with Crippen molar-refractivity contribution >= 4 is 0 Å². The maximum atomic E-state index is 9.30. The van der Waals surface area contributed by atoms with Gasteiger partial charge in [-0.05, 0) is 39.2 Å². The van der Waals surface area contributed by atoms with E-state index in [1.807, 2.05) is 0 Å². The molecule has 2 aliphatic heterocycles. The average Bonchev–Trinajstić information content (AvgIpc) is 2.72. The molecule has 0 aromatic rings. The highest BCUT2D eigenvalue weighted by molar-refractivity contribution is 5.02. The second-order valence-electron chi connectivity index (χ2n) is 4.07. The van der Waals surface area contributed by atoms with Crippen LogP contribution in [0.4, 0.5) is 0 Å². The van der Waals surface area contributed by atoms with Crippen LogP contribution in [0.3, 0.4) is 0 Å². The molecule has 2 heterocycles. The Kier molecular flexibility index (Phi) is 3.71. The van der Waals surface area contributed by atoms with Gasteiger partial charge in [0, 0.05) is 18.7 Å². The van der Waals surface area contributed by atoms with Crippen LogP contribution in [0.1, 0.15) is 32.6 Å². The maximum Gasteiger partial charge on any atom is 0.0615 e. The standard InChI is InChI=1S/C9H17NO.CH4O/c1-8-3-5-9(7-11)4-2-6-10(8)9;1-2/h8,11H,2-7H2,1H3;2H,1H3. The van der Waals surface area contributed by atoms with Gasteiger partial charge in [-0.2, -0.15) is 0 Å².